The lowest BCUT2D eigenvalue weighted by molar-refractivity contribution is -0.475. The average Bonchev–Trinajstić information content (AvgIpc) is 3.12. The molecule has 0 aliphatic heterocycles. The van der Waals surface area contributed by atoms with Crippen molar-refractivity contribution < 1.29 is 13.9 Å². The van der Waals surface area contributed by atoms with Gasteiger partial charge in [0.25, 0.3) is 0 Å². The van der Waals surface area contributed by atoms with Gasteiger partial charge in [-0.25, -0.2) is 4.98 Å². The highest BCUT2D eigenvalue weighted by molar-refractivity contribution is 7.22. The van der Waals surface area contributed by atoms with Gasteiger partial charge in [-0.15, -0.1) is 0 Å². The maximum absolute atomic E-state index is 5.38. The standard InChI is InChI=1S/C17H14N2O2S/c1-20-14-8-7-11(9-15(14)21-2)12-10-19-13-5-3-4-6-16(13)22-17(19)18-12/h3-10H,1-2H3/p+1. The highest BCUT2D eigenvalue weighted by Gasteiger charge is 2.17. The van der Waals surface area contributed by atoms with Crippen LogP contribution in [-0.4, -0.2) is 19.2 Å². The van der Waals surface area contributed by atoms with Crippen molar-refractivity contribution in [2.45, 2.75) is 0 Å². The number of aromatic amines is 1. The van der Waals surface area contributed by atoms with Gasteiger partial charge in [0.2, 0.25) is 0 Å². The third kappa shape index (κ3) is 1.94. The third-order valence-electron chi connectivity index (χ3n) is 3.74. The van der Waals surface area contributed by atoms with E-state index in [1.807, 2.05) is 18.2 Å². The number of imidazole rings is 1. The lowest BCUT2D eigenvalue weighted by Gasteiger charge is -2.07. The minimum Gasteiger partial charge on any atom is -0.493 e. The van der Waals surface area contributed by atoms with Gasteiger partial charge in [0.15, 0.2) is 22.7 Å². The molecule has 0 atom stereocenters. The Balaban J connectivity index is 1.87. The molecule has 4 nitrogen and oxygen atoms in total. The predicted molar refractivity (Wildman–Crippen MR) is 87.9 cm³/mol. The molecule has 2 heterocycles. The van der Waals surface area contributed by atoms with Crippen molar-refractivity contribution in [1.82, 2.24) is 4.98 Å². The first-order valence-corrected chi connectivity index (χ1v) is 7.76. The molecule has 0 radical (unpaired) electrons. The van der Waals surface area contributed by atoms with Crippen molar-refractivity contribution >= 4 is 26.5 Å². The lowest BCUT2D eigenvalue weighted by atomic mass is 10.1. The number of hydrogen-bond donors (Lipinski definition) is 1. The van der Waals surface area contributed by atoms with Gasteiger partial charge in [-0.1, -0.05) is 12.1 Å². The number of thiazole rings is 1. The smallest absolute Gasteiger partial charge is 0.344 e. The molecule has 0 fully saturated rings. The monoisotopic (exact) mass is 311 g/mol. The highest BCUT2D eigenvalue weighted by Crippen LogP contribution is 2.32. The van der Waals surface area contributed by atoms with E-state index in [1.54, 1.807) is 25.6 Å². The van der Waals surface area contributed by atoms with Crippen LogP contribution in [0.4, 0.5) is 0 Å². The normalized spacial score (nSPS) is 11.2. The van der Waals surface area contributed by atoms with Crippen LogP contribution in [0.25, 0.3) is 26.4 Å². The van der Waals surface area contributed by atoms with E-state index in [1.165, 1.54) is 10.2 Å². The SMILES string of the molecule is COc1ccc(-c2c[n+]3c([nH]2)sc2ccccc23)cc1OC. The Kier molecular flexibility index (Phi) is 3.01. The van der Waals surface area contributed by atoms with Crippen LogP contribution >= 0.6 is 11.3 Å². The molecule has 5 heteroatoms. The maximum Gasteiger partial charge on any atom is 0.344 e. The minimum atomic E-state index is 0.729. The fourth-order valence-electron chi connectivity index (χ4n) is 2.65. The molecule has 4 aromatic rings. The van der Waals surface area contributed by atoms with Gasteiger partial charge in [0.1, 0.15) is 6.20 Å². The van der Waals surface area contributed by atoms with Crippen LogP contribution < -0.4 is 13.9 Å². The summed E-state index contributed by atoms with van der Waals surface area (Å²) in [6, 6.07) is 14.3. The van der Waals surface area contributed by atoms with E-state index >= 15 is 0 Å². The lowest BCUT2D eigenvalue weighted by Crippen LogP contribution is -2.14. The first-order chi connectivity index (χ1) is 10.8. The zero-order valence-electron chi connectivity index (χ0n) is 12.3. The van der Waals surface area contributed by atoms with Crippen LogP contribution in [0.1, 0.15) is 0 Å². The molecule has 0 spiro atoms. The Labute approximate surface area is 131 Å². The Hall–Kier alpha value is -2.53. The third-order valence-corrected chi connectivity index (χ3v) is 4.80. The zero-order chi connectivity index (χ0) is 15.1. The summed E-state index contributed by atoms with van der Waals surface area (Å²) in [5.41, 5.74) is 3.33. The first kappa shape index (κ1) is 13.2. The molecular weight excluding hydrogens is 296 g/mol. The van der Waals surface area contributed by atoms with Crippen LogP contribution in [0.2, 0.25) is 0 Å². The van der Waals surface area contributed by atoms with Crippen LogP contribution in [0.3, 0.4) is 0 Å². The molecule has 0 aliphatic carbocycles. The number of ether oxygens (including phenoxy) is 2. The Bertz CT molecular complexity index is 971. The minimum absolute atomic E-state index is 0.729. The summed E-state index contributed by atoms with van der Waals surface area (Å²) in [5.74, 6) is 1.46. The summed E-state index contributed by atoms with van der Waals surface area (Å²) >= 11 is 1.75. The molecule has 0 aliphatic rings. The van der Waals surface area contributed by atoms with Crippen LogP contribution in [0.15, 0.2) is 48.7 Å². The molecule has 2 aromatic heterocycles. The van der Waals surface area contributed by atoms with Gasteiger partial charge in [0, 0.05) is 5.56 Å². The van der Waals surface area contributed by atoms with E-state index in [2.05, 4.69) is 39.8 Å². The number of benzene rings is 2. The Morgan fingerprint density at radius 2 is 1.82 bits per heavy atom. The quantitative estimate of drug-likeness (QED) is 0.587. The average molecular weight is 311 g/mol. The topological polar surface area (TPSA) is 38.3 Å². The zero-order valence-corrected chi connectivity index (χ0v) is 13.1. The summed E-state index contributed by atoms with van der Waals surface area (Å²) in [5, 5.41) is 0. The van der Waals surface area contributed by atoms with E-state index in [0.717, 1.165) is 27.7 Å². The van der Waals surface area contributed by atoms with Gasteiger partial charge < -0.3 is 9.47 Å². The maximum atomic E-state index is 5.38. The van der Waals surface area contributed by atoms with Crippen molar-refractivity contribution in [3.8, 4) is 22.8 Å². The van der Waals surface area contributed by atoms with Gasteiger partial charge in [-0.3, -0.25) is 0 Å². The fraction of sp³-hybridized carbons (Fsp3) is 0.118. The van der Waals surface area contributed by atoms with E-state index in [-0.39, 0.29) is 0 Å². The van der Waals surface area contributed by atoms with E-state index < -0.39 is 0 Å². The summed E-state index contributed by atoms with van der Waals surface area (Å²) in [6.07, 6.45) is 2.12. The second-order valence-corrected chi connectivity index (χ2v) is 6.01. The largest absolute Gasteiger partial charge is 0.493 e. The molecule has 0 unspecified atom stereocenters. The Morgan fingerprint density at radius 1 is 1.00 bits per heavy atom. The van der Waals surface area contributed by atoms with Crippen molar-refractivity contribution in [2.75, 3.05) is 14.2 Å². The second kappa shape index (κ2) is 5.03. The first-order valence-electron chi connectivity index (χ1n) is 6.94. The second-order valence-electron chi connectivity index (χ2n) is 4.98. The molecule has 110 valence electrons. The molecule has 2 aromatic carbocycles. The number of nitrogens with one attached hydrogen (secondary N) is 1. The molecule has 22 heavy (non-hydrogen) atoms. The summed E-state index contributed by atoms with van der Waals surface area (Å²) in [7, 11) is 3.29. The number of methoxy groups -OCH3 is 2. The molecule has 0 saturated heterocycles. The van der Waals surface area contributed by atoms with Gasteiger partial charge in [0.05, 0.1) is 18.9 Å². The molecule has 0 saturated carbocycles. The summed E-state index contributed by atoms with van der Waals surface area (Å²) in [4.78, 5) is 4.59. The molecule has 1 N–H and O–H groups in total. The number of nitrogens with zero attached hydrogens (tertiary/aromatic N) is 1. The van der Waals surface area contributed by atoms with E-state index in [9.17, 15) is 0 Å². The highest BCUT2D eigenvalue weighted by atomic mass is 32.1. The van der Waals surface area contributed by atoms with Gasteiger partial charge in [-0.05, 0) is 41.7 Å². The Morgan fingerprint density at radius 3 is 2.64 bits per heavy atom. The number of hydrogen-bond acceptors (Lipinski definition) is 3. The number of para-hydroxylation sites is 1. The van der Waals surface area contributed by atoms with Crippen molar-refractivity contribution in [3.63, 3.8) is 0 Å². The number of H-pyrrole nitrogens is 1. The number of rotatable bonds is 3. The van der Waals surface area contributed by atoms with Crippen LogP contribution in [0.5, 0.6) is 11.5 Å². The molecule has 0 amide bonds. The van der Waals surface area contributed by atoms with Gasteiger partial charge >= 0.3 is 4.96 Å². The number of fused-ring (bicyclic) bond motifs is 3. The molecular formula is C17H15N2O2S+. The predicted octanol–water partition coefficient (Wildman–Crippen LogP) is 3.65. The van der Waals surface area contributed by atoms with Crippen LogP contribution in [0, 0.1) is 0 Å². The molecule has 0 bridgehead atoms. The molecule has 4 rings (SSSR count). The summed E-state index contributed by atoms with van der Waals surface area (Å²) in [6.45, 7) is 0. The van der Waals surface area contributed by atoms with Crippen LogP contribution in [-0.2, 0) is 0 Å². The fourth-order valence-corrected chi connectivity index (χ4v) is 3.68. The van der Waals surface area contributed by atoms with E-state index in [0.29, 0.717) is 0 Å². The van der Waals surface area contributed by atoms with E-state index in [4.69, 9.17) is 9.47 Å². The van der Waals surface area contributed by atoms with Gasteiger partial charge in [-0.2, -0.15) is 4.40 Å². The number of aromatic nitrogens is 2. The van der Waals surface area contributed by atoms with Crippen molar-refractivity contribution in [1.29, 1.82) is 0 Å². The van der Waals surface area contributed by atoms with Crippen molar-refractivity contribution in [3.05, 3.63) is 48.7 Å². The summed E-state index contributed by atoms with van der Waals surface area (Å²) < 4.78 is 14.1. The van der Waals surface area contributed by atoms with Crippen molar-refractivity contribution in [2.24, 2.45) is 0 Å².